The minimum Gasteiger partial charge on any atom is -0.384 e. The number of nitrogens with one attached hydrogen (secondary N) is 2. The first-order chi connectivity index (χ1) is 9.08. The maximum atomic E-state index is 7.57. The summed E-state index contributed by atoms with van der Waals surface area (Å²) in [5.41, 5.74) is 7.43. The summed E-state index contributed by atoms with van der Waals surface area (Å²) in [6.07, 6.45) is 2.32. The molecule has 0 aromatic carbocycles. The standard InChI is InChI=1S/C12H18N6O/c1-4-8(19-3)16-12-17-9-7(10(13)14)5-6-15-11(9)18(12)2/h5-6,8H,4H2,1-3H3,(H3,13,14)(H,16,17). The van der Waals surface area contributed by atoms with E-state index in [2.05, 4.69) is 15.3 Å². The van der Waals surface area contributed by atoms with Crippen LogP contribution in [-0.2, 0) is 11.8 Å². The molecule has 2 aromatic heterocycles. The largest absolute Gasteiger partial charge is 0.384 e. The quantitative estimate of drug-likeness (QED) is 0.424. The third-order valence-electron chi connectivity index (χ3n) is 2.99. The monoisotopic (exact) mass is 262 g/mol. The highest BCUT2D eigenvalue weighted by atomic mass is 16.5. The molecule has 0 spiro atoms. The summed E-state index contributed by atoms with van der Waals surface area (Å²) in [4.78, 5) is 8.73. The van der Waals surface area contributed by atoms with Crippen LogP contribution in [0.25, 0.3) is 11.2 Å². The Morgan fingerprint density at radius 3 is 2.95 bits per heavy atom. The molecular weight excluding hydrogens is 244 g/mol. The summed E-state index contributed by atoms with van der Waals surface area (Å²) >= 11 is 0. The van der Waals surface area contributed by atoms with Gasteiger partial charge < -0.3 is 15.8 Å². The van der Waals surface area contributed by atoms with E-state index in [9.17, 15) is 0 Å². The Bertz CT molecular complexity index is 602. The first-order valence-corrected chi connectivity index (χ1v) is 6.03. The third-order valence-corrected chi connectivity index (χ3v) is 2.99. The van der Waals surface area contributed by atoms with Crippen LogP contribution in [0.5, 0.6) is 0 Å². The van der Waals surface area contributed by atoms with Crippen molar-refractivity contribution in [2.24, 2.45) is 12.8 Å². The summed E-state index contributed by atoms with van der Waals surface area (Å²) < 4.78 is 7.10. The van der Waals surface area contributed by atoms with Crippen molar-refractivity contribution < 1.29 is 4.74 Å². The highest BCUT2D eigenvalue weighted by Crippen LogP contribution is 2.20. The molecule has 0 saturated heterocycles. The Kier molecular flexibility index (Phi) is 3.66. The highest BCUT2D eigenvalue weighted by molar-refractivity contribution is 6.05. The average Bonchev–Trinajstić information content (AvgIpc) is 2.72. The summed E-state index contributed by atoms with van der Waals surface area (Å²) in [6.45, 7) is 2.02. The van der Waals surface area contributed by atoms with E-state index in [1.165, 1.54) is 0 Å². The molecule has 19 heavy (non-hydrogen) atoms. The predicted molar refractivity (Wildman–Crippen MR) is 74.2 cm³/mol. The van der Waals surface area contributed by atoms with E-state index in [-0.39, 0.29) is 12.1 Å². The fraction of sp³-hybridized carbons (Fsp3) is 0.417. The van der Waals surface area contributed by atoms with Crippen LogP contribution < -0.4 is 11.1 Å². The van der Waals surface area contributed by atoms with Gasteiger partial charge in [0.15, 0.2) is 5.65 Å². The molecule has 0 fully saturated rings. The zero-order chi connectivity index (χ0) is 14.0. The molecule has 1 unspecified atom stereocenters. The predicted octanol–water partition coefficient (Wildman–Crippen LogP) is 1.05. The van der Waals surface area contributed by atoms with Gasteiger partial charge in [-0.15, -0.1) is 0 Å². The number of amidine groups is 1. The van der Waals surface area contributed by atoms with Gasteiger partial charge in [0.05, 0.1) is 0 Å². The number of hydrogen-bond acceptors (Lipinski definition) is 5. The van der Waals surface area contributed by atoms with Gasteiger partial charge in [0.1, 0.15) is 17.6 Å². The first kappa shape index (κ1) is 13.3. The molecule has 7 heteroatoms. The van der Waals surface area contributed by atoms with Crippen molar-refractivity contribution in [2.45, 2.75) is 19.6 Å². The van der Waals surface area contributed by atoms with E-state index in [0.717, 1.165) is 6.42 Å². The minimum atomic E-state index is -0.115. The Morgan fingerprint density at radius 2 is 2.37 bits per heavy atom. The van der Waals surface area contributed by atoms with Crippen molar-refractivity contribution >= 4 is 22.9 Å². The average molecular weight is 262 g/mol. The van der Waals surface area contributed by atoms with Crippen molar-refractivity contribution in [1.82, 2.24) is 14.5 Å². The smallest absolute Gasteiger partial charge is 0.206 e. The lowest BCUT2D eigenvalue weighted by atomic mass is 10.2. The molecule has 2 heterocycles. The fourth-order valence-electron chi connectivity index (χ4n) is 1.90. The van der Waals surface area contributed by atoms with E-state index in [1.54, 1.807) is 19.4 Å². The van der Waals surface area contributed by atoms with Gasteiger partial charge in [0, 0.05) is 25.9 Å². The molecule has 0 aliphatic rings. The van der Waals surface area contributed by atoms with Crippen LogP contribution in [0.4, 0.5) is 5.95 Å². The Labute approximate surface area is 111 Å². The van der Waals surface area contributed by atoms with Gasteiger partial charge in [-0.1, -0.05) is 6.92 Å². The number of fused-ring (bicyclic) bond motifs is 1. The van der Waals surface area contributed by atoms with E-state index in [4.69, 9.17) is 15.9 Å². The summed E-state index contributed by atoms with van der Waals surface area (Å²) in [5.74, 6) is 0.626. The number of nitrogens with two attached hydrogens (primary N) is 1. The van der Waals surface area contributed by atoms with Crippen LogP contribution in [0.3, 0.4) is 0 Å². The molecule has 0 radical (unpaired) electrons. The van der Waals surface area contributed by atoms with Gasteiger partial charge in [0.25, 0.3) is 0 Å². The molecule has 0 aliphatic heterocycles. The molecule has 0 bridgehead atoms. The van der Waals surface area contributed by atoms with Crippen LogP contribution in [0, 0.1) is 5.41 Å². The molecule has 0 amide bonds. The molecular formula is C12H18N6O. The molecule has 7 nitrogen and oxygen atoms in total. The molecule has 102 valence electrons. The first-order valence-electron chi connectivity index (χ1n) is 6.03. The molecule has 4 N–H and O–H groups in total. The summed E-state index contributed by atoms with van der Waals surface area (Å²) in [6, 6.07) is 1.69. The maximum absolute atomic E-state index is 7.57. The van der Waals surface area contributed by atoms with Crippen LogP contribution >= 0.6 is 0 Å². The van der Waals surface area contributed by atoms with Crippen LogP contribution in [0.1, 0.15) is 18.9 Å². The van der Waals surface area contributed by atoms with Crippen LogP contribution in [0.2, 0.25) is 0 Å². The number of rotatable bonds is 5. The normalized spacial score (nSPS) is 12.6. The van der Waals surface area contributed by atoms with Gasteiger partial charge in [-0.3, -0.25) is 9.98 Å². The zero-order valence-corrected chi connectivity index (χ0v) is 11.3. The van der Waals surface area contributed by atoms with Gasteiger partial charge in [0.2, 0.25) is 5.95 Å². The number of ether oxygens (including phenoxy) is 1. The number of methoxy groups -OCH3 is 1. The molecule has 2 rings (SSSR count). The van der Waals surface area contributed by atoms with E-state index in [1.807, 2.05) is 18.5 Å². The maximum Gasteiger partial charge on any atom is 0.206 e. The zero-order valence-electron chi connectivity index (χ0n) is 11.3. The lowest BCUT2D eigenvalue weighted by Gasteiger charge is -2.15. The molecule has 0 aliphatic carbocycles. The highest BCUT2D eigenvalue weighted by Gasteiger charge is 2.15. The molecule has 1 atom stereocenters. The van der Waals surface area contributed by atoms with Gasteiger partial charge >= 0.3 is 0 Å². The van der Waals surface area contributed by atoms with Gasteiger partial charge in [-0.2, -0.15) is 0 Å². The number of aryl methyl sites for hydroxylation is 1. The van der Waals surface area contributed by atoms with Gasteiger partial charge in [-0.05, 0) is 12.5 Å². The van der Waals surface area contributed by atoms with Gasteiger partial charge in [-0.25, -0.2) is 9.97 Å². The summed E-state index contributed by atoms with van der Waals surface area (Å²) in [7, 11) is 3.50. The number of anilines is 1. The Balaban J connectivity index is 2.50. The Hall–Kier alpha value is -2.15. The number of hydrogen-bond donors (Lipinski definition) is 3. The van der Waals surface area contributed by atoms with E-state index < -0.39 is 0 Å². The number of nitrogen functional groups attached to an aromatic ring is 1. The van der Waals surface area contributed by atoms with E-state index in [0.29, 0.717) is 22.7 Å². The van der Waals surface area contributed by atoms with E-state index >= 15 is 0 Å². The second-order valence-electron chi connectivity index (χ2n) is 4.22. The SMILES string of the molecule is CCC(Nc1nc2c(C(=N)N)ccnc2n1C)OC. The second-order valence-corrected chi connectivity index (χ2v) is 4.22. The minimum absolute atomic E-state index is 0.0177. The lowest BCUT2D eigenvalue weighted by molar-refractivity contribution is 0.121. The molecule has 2 aromatic rings. The number of pyridine rings is 1. The number of nitrogens with zero attached hydrogens (tertiary/aromatic N) is 3. The van der Waals surface area contributed by atoms with Crippen molar-refractivity contribution in [3.05, 3.63) is 17.8 Å². The number of aromatic nitrogens is 3. The lowest BCUT2D eigenvalue weighted by Crippen LogP contribution is -2.22. The van der Waals surface area contributed by atoms with Crippen molar-refractivity contribution in [3.63, 3.8) is 0 Å². The van der Waals surface area contributed by atoms with Crippen molar-refractivity contribution in [3.8, 4) is 0 Å². The van der Waals surface area contributed by atoms with Crippen LogP contribution in [0.15, 0.2) is 12.3 Å². The second kappa shape index (κ2) is 5.23. The summed E-state index contributed by atoms with van der Waals surface area (Å²) in [5, 5.41) is 10.7. The fourth-order valence-corrected chi connectivity index (χ4v) is 1.90. The Morgan fingerprint density at radius 1 is 1.63 bits per heavy atom. The topological polar surface area (TPSA) is 102 Å². The van der Waals surface area contributed by atoms with Crippen molar-refractivity contribution in [1.29, 1.82) is 5.41 Å². The number of imidazole rings is 1. The van der Waals surface area contributed by atoms with Crippen LogP contribution in [-0.4, -0.2) is 33.7 Å². The third kappa shape index (κ3) is 2.37. The molecule has 0 saturated carbocycles. The van der Waals surface area contributed by atoms with Crippen molar-refractivity contribution in [2.75, 3.05) is 12.4 Å².